The summed E-state index contributed by atoms with van der Waals surface area (Å²) in [6, 6.07) is 15.3. The molecule has 1 aromatic heterocycles. The van der Waals surface area contributed by atoms with Gasteiger partial charge in [0.15, 0.2) is 0 Å². The summed E-state index contributed by atoms with van der Waals surface area (Å²) in [5.74, 6) is -0.132. The number of fused-ring (bicyclic) bond motifs is 1. The quantitative estimate of drug-likeness (QED) is 0.730. The van der Waals surface area contributed by atoms with E-state index in [1.807, 2.05) is 18.2 Å². The Balaban J connectivity index is 1.41. The fourth-order valence-electron chi connectivity index (χ4n) is 3.03. The summed E-state index contributed by atoms with van der Waals surface area (Å²) in [6.45, 7) is 4.45. The average molecular weight is 327 g/mol. The molecule has 1 saturated heterocycles. The smallest absolute Gasteiger partial charge is 0.146 e. The molecular formula is C18H18FN3S. The van der Waals surface area contributed by atoms with Crippen molar-refractivity contribution in [3.05, 3.63) is 59.4 Å². The van der Waals surface area contributed by atoms with E-state index < -0.39 is 0 Å². The van der Waals surface area contributed by atoms with Gasteiger partial charge in [-0.3, -0.25) is 4.90 Å². The highest BCUT2D eigenvalue weighted by Crippen LogP contribution is 2.24. The number of hydrogen-bond acceptors (Lipinski definition) is 4. The largest absolute Gasteiger partial charge is 0.367 e. The standard InChI is InChI=1S/C18H18FN3S/c19-14-5-1-3-7-16(14)22-11-9-21(10-12-22)13-18-20-15-6-2-4-8-17(15)23-18/h1-8H,9-13H2. The number of aromatic nitrogens is 1. The minimum absolute atomic E-state index is 0.132. The van der Waals surface area contributed by atoms with Gasteiger partial charge in [-0.2, -0.15) is 0 Å². The molecule has 0 saturated carbocycles. The van der Waals surface area contributed by atoms with E-state index >= 15 is 0 Å². The normalized spacial score (nSPS) is 16.1. The predicted molar refractivity (Wildman–Crippen MR) is 93.5 cm³/mol. The molecule has 2 heterocycles. The Morgan fingerprint density at radius 3 is 2.48 bits per heavy atom. The van der Waals surface area contributed by atoms with Crippen LogP contribution in [-0.2, 0) is 6.54 Å². The summed E-state index contributed by atoms with van der Waals surface area (Å²) in [4.78, 5) is 9.23. The van der Waals surface area contributed by atoms with Crippen molar-refractivity contribution in [1.82, 2.24) is 9.88 Å². The van der Waals surface area contributed by atoms with E-state index in [1.54, 1.807) is 17.4 Å². The van der Waals surface area contributed by atoms with E-state index in [1.165, 1.54) is 10.8 Å². The second kappa shape index (κ2) is 6.26. The highest BCUT2D eigenvalue weighted by atomic mass is 32.1. The van der Waals surface area contributed by atoms with Crippen LogP contribution in [0.5, 0.6) is 0 Å². The van der Waals surface area contributed by atoms with Crippen molar-refractivity contribution in [2.45, 2.75) is 6.54 Å². The van der Waals surface area contributed by atoms with Crippen molar-refractivity contribution in [2.75, 3.05) is 31.1 Å². The molecule has 23 heavy (non-hydrogen) atoms. The molecule has 5 heteroatoms. The van der Waals surface area contributed by atoms with Gasteiger partial charge in [-0.15, -0.1) is 11.3 Å². The Bertz CT molecular complexity index is 776. The Kier molecular flexibility index (Phi) is 3.97. The van der Waals surface area contributed by atoms with Gasteiger partial charge >= 0.3 is 0 Å². The first-order chi connectivity index (χ1) is 11.3. The summed E-state index contributed by atoms with van der Waals surface area (Å²) in [6.07, 6.45) is 0. The van der Waals surface area contributed by atoms with Crippen LogP contribution in [0.25, 0.3) is 10.2 Å². The molecule has 2 aromatic carbocycles. The van der Waals surface area contributed by atoms with E-state index in [9.17, 15) is 4.39 Å². The number of benzene rings is 2. The first kappa shape index (κ1) is 14.6. The summed E-state index contributed by atoms with van der Waals surface area (Å²) < 4.78 is 15.1. The van der Waals surface area contributed by atoms with Crippen LogP contribution in [0.2, 0.25) is 0 Å². The van der Waals surface area contributed by atoms with Crippen LogP contribution in [0.15, 0.2) is 48.5 Å². The third-order valence-electron chi connectivity index (χ3n) is 4.26. The van der Waals surface area contributed by atoms with Gasteiger partial charge in [-0.05, 0) is 24.3 Å². The number of rotatable bonds is 3. The zero-order valence-electron chi connectivity index (χ0n) is 12.8. The third-order valence-corrected chi connectivity index (χ3v) is 5.28. The molecule has 0 amide bonds. The molecule has 0 spiro atoms. The lowest BCUT2D eigenvalue weighted by atomic mass is 10.2. The minimum Gasteiger partial charge on any atom is -0.367 e. The second-order valence-electron chi connectivity index (χ2n) is 5.79. The molecule has 3 aromatic rings. The number of piperazine rings is 1. The van der Waals surface area contributed by atoms with Gasteiger partial charge in [0.2, 0.25) is 0 Å². The van der Waals surface area contributed by atoms with Crippen molar-refractivity contribution < 1.29 is 4.39 Å². The molecule has 0 atom stereocenters. The molecule has 118 valence electrons. The Morgan fingerprint density at radius 2 is 1.70 bits per heavy atom. The van der Waals surface area contributed by atoms with Gasteiger partial charge in [0.25, 0.3) is 0 Å². The van der Waals surface area contributed by atoms with E-state index in [4.69, 9.17) is 4.98 Å². The molecule has 0 N–H and O–H groups in total. The van der Waals surface area contributed by atoms with E-state index in [0.717, 1.165) is 43.2 Å². The van der Waals surface area contributed by atoms with Crippen LogP contribution in [0, 0.1) is 5.82 Å². The van der Waals surface area contributed by atoms with Gasteiger partial charge in [0, 0.05) is 26.2 Å². The number of nitrogens with zero attached hydrogens (tertiary/aromatic N) is 3. The predicted octanol–water partition coefficient (Wildman–Crippen LogP) is 3.76. The van der Waals surface area contributed by atoms with Gasteiger partial charge < -0.3 is 4.90 Å². The molecule has 0 radical (unpaired) electrons. The molecule has 0 unspecified atom stereocenters. The maximum absolute atomic E-state index is 13.9. The van der Waals surface area contributed by atoms with Crippen molar-refractivity contribution in [3.8, 4) is 0 Å². The van der Waals surface area contributed by atoms with Gasteiger partial charge in [0.05, 0.1) is 22.4 Å². The number of hydrogen-bond donors (Lipinski definition) is 0. The van der Waals surface area contributed by atoms with Crippen LogP contribution in [0.1, 0.15) is 5.01 Å². The lowest BCUT2D eigenvalue weighted by molar-refractivity contribution is 0.249. The van der Waals surface area contributed by atoms with Gasteiger partial charge in [-0.25, -0.2) is 9.37 Å². The molecule has 1 fully saturated rings. The second-order valence-corrected chi connectivity index (χ2v) is 6.91. The van der Waals surface area contributed by atoms with Gasteiger partial charge in [0.1, 0.15) is 10.8 Å². The van der Waals surface area contributed by atoms with E-state index in [-0.39, 0.29) is 5.82 Å². The number of thiazole rings is 1. The van der Waals surface area contributed by atoms with E-state index in [0.29, 0.717) is 5.69 Å². The average Bonchev–Trinajstić information content (AvgIpc) is 2.98. The molecular weight excluding hydrogens is 309 g/mol. The van der Waals surface area contributed by atoms with E-state index in [2.05, 4.69) is 28.0 Å². The van der Waals surface area contributed by atoms with Crippen LogP contribution < -0.4 is 4.90 Å². The van der Waals surface area contributed by atoms with Crippen molar-refractivity contribution >= 4 is 27.2 Å². The monoisotopic (exact) mass is 327 g/mol. The minimum atomic E-state index is -0.132. The topological polar surface area (TPSA) is 19.4 Å². The number of halogens is 1. The van der Waals surface area contributed by atoms with Crippen LogP contribution >= 0.6 is 11.3 Å². The highest BCUT2D eigenvalue weighted by molar-refractivity contribution is 7.18. The summed E-state index contributed by atoms with van der Waals surface area (Å²) in [5, 5.41) is 1.16. The molecule has 1 aliphatic heterocycles. The number of anilines is 1. The zero-order chi connectivity index (χ0) is 15.6. The Labute approximate surface area is 139 Å². The fourth-order valence-corrected chi connectivity index (χ4v) is 4.04. The molecule has 0 aliphatic carbocycles. The van der Waals surface area contributed by atoms with Crippen molar-refractivity contribution in [2.24, 2.45) is 0 Å². The zero-order valence-corrected chi connectivity index (χ0v) is 13.6. The first-order valence-electron chi connectivity index (χ1n) is 7.86. The van der Waals surface area contributed by atoms with Crippen molar-refractivity contribution in [3.63, 3.8) is 0 Å². The fraction of sp³-hybridized carbons (Fsp3) is 0.278. The van der Waals surface area contributed by atoms with Crippen molar-refractivity contribution in [1.29, 1.82) is 0 Å². The maximum atomic E-state index is 13.9. The Hall–Kier alpha value is -1.98. The summed E-state index contributed by atoms with van der Waals surface area (Å²) >= 11 is 1.76. The third kappa shape index (κ3) is 3.07. The van der Waals surface area contributed by atoms with Crippen LogP contribution in [0.3, 0.4) is 0 Å². The molecule has 0 bridgehead atoms. The lowest BCUT2D eigenvalue weighted by Gasteiger charge is -2.35. The maximum Gasteiger partial charge on any atom is 0.146 e. The SMILES string of the molecule is Fc1ccccc1N1CCN(Cc2nc3ccccc3s2)CC1. The highest BCUT2D eigenvalue weighted by Gasteiger charge is 2.20. The van der Waals surface area contributed by atoms with Gasteiger partial charge in [-0.1, -0.05) is 24.3 Å². The molecule has 3 nitrogen and oxygen atoms in total. The lowest BCUT2D eigenvalue weighted by Crippen LogP contribution is -2.46. The summed E-state index contributed by atoms with van der Waals surface area (Å²) in [7, 11) is 0. The van der Waals surface area contributed by atoms with Crippen LogP contribution in [-0.4, -0.2) is 36.1 Å². The summed E-state index contributed by atoms with van der Waals surface area (Å²) in [5.41, 5.74) is 1.80. The number of para-hydroxylation sites is 2. The molecule has 4 rings (SSSR count). The first-order valence-corrected chi connectivity index (χ1v) is 8.67. The molecule has 1 aliphatic rings. The van der Waals surface area contributed by atoms with Crippen LogP contribution in [0.4, 0.5) is 10.1 Å². The Morgan fingerprint density at radius 1 is 0.957 bits per heavy atom.